The van der Waals surface area contributed by atoms with Gasteiger partial charge in [-0.3, -0.25) is 0 Å². The van der Waals surface area contributed by atoms with Gasteiger partial charge in [-0.2, -0.15) is 0 Å². The number of H-pyrrole nitrogens is 1. The van der Waals surface area contributed by atoms with E-state index < -0.39 is 0 Å². The fraction of sp³-hybridized carbons (Fsp3) is 0.167. The zero-order valence-corrected chi connectivity index (χ0v) is 7.59. The van der Waals surface area contributed by atoms with Crippen molar-refractivity contribution in [3.8, 4) is 11.8 Å². The third-order valence-corrected chi connectivity index (χ3v) is 2.14. The summed E-state index contributed by atoms with van der Waals surface area (Å²) in [5, 5.41) is 1.28. The molecule has 1 aromatic carbocycles. The Hall–Kier alpha value is -1.68. The van der Waals surface area contributed by atoms with Gasteiger partial charge in [0, 0.05) is 23.5 Å². The van der Waals surface area contributed by atoms with Crippen molar-refractivity contribution in [1.82, 2.24) is 4.98 Å². The SMILES string of the molecule is CC#CCc1cccc2[nH]ccc12. The van der Waals surface area contributed by atoms with Gasteiger partial charge in [0.25, 0.3) is 0 Å². The van der Waals surface area contributed by atoms with Crippen molar-refractivity contribution in [3.05, 3.63) is 36.0 Å². The Morgan fingerprint density at radius 1 is 1.31 bits per heavy atom. The summed E-state index contributed by atoms with van der Waals surface area (Å²) in [6.07, 6.45) is 2.80. The zero-order valence-electron chi connectivity index (χ0n) is 7.59. The molecule has 2 rings (SSSR count). The fourth-order valence-corrected chi connectivity index (χ4v) is 1.49. The Morgan fingerprint density at radius 2 is 2.23 bits per heavy atom. The van der Waals surface area contributed by atoms with Crippen LogP contribution in [0.1, 0.15) is 12.5 Å². The minimum absolute atomic E-state index is 0.839. The lowest BCUT2D eigenvalue weighted by Gasteiger charge is -1.96. The van der Waals surface area contributed by atoms with Gasteiger partial charge in [0.1, 0.15) is 0 Å². The third kappa shape index (κ3) is 1.43. The van der Waals surface area contributed by atoms with Gasteiger partial charge in [0.2, 0.25) is 0 Å². The van der Waals surface area contributed by atoms with Crippen molar-refractivity contribution in [2.75, 3.05) is 0 Å². The van der Waals surface area contributed by atoms with Crippen LogP contribution in [-0.4, -0.2) is 4.98 Å². The number of benzene rings is 1. The van der Waals surface area contributed by atoms with Crippen molar-refractivity contribution in [2.24, 2.45) is 0 Å². The number of hydrogen-bond acceptors (Lipinski definition) is 0. The molecule has 0 bridgehead atoms. The highest BCUT2D eigenvalue weighted by Gasteiger charge is 1.98. The molecule has 1 nitrogen and oxygen atoms in total. The summed E-state index contributed by atoms with van der Waals surface area (Å²) < 4.78 is 0. The van der Waals surface area contributed by atoms with E-state index >= 15 is 0 Å². The number of aromatic amines is 1. The molecule has 0 atom stereocenters. The van der Waals surface area contributed by atoms with Crippen LogP contribution in [0.15, 0.2) is 30.5 Å². The van der Waals surface area contributed by atoms with E-state index in [1.54, 1.807) is 0 Å². The molecule has 1 heteroatoms. The first-order valence-electron chi connectivity index (χ1n) is 4.36. The molecular formula is C12H11N. The average molecular weight is 169 g/mol. The molecule has 0 saturated carbocycles. The summed E-state index contributed by atoms with van der Waals surface area (Å²) in [7, 11) is 0. The van der Waals surface area contributed by atoms with Gasteiger partial charge in [0.05, 0.1) is 0 Å². The van der Waals surface area contributed by atoms with Crippen molar-refractivity contribution >= 4 is 10.9 Å². The van der Waals surface area contributed by atoms with Crippen molar-refractivity contribution < 1.29 is 0 Å². The molecule has 64 valence electrons. The second-order valence-electron chi connectivity index (χ2n) is 2.96. The molecule has 0 aliphatic carbocycles. The third-order valence-electron chi connectivity index (χ3n) is 2.14. The minimum atomic E-state index is 0.839. The topological polar surface area (TPSA) is 15.8 Å². The summed E-state index contributed by atoms with van der Waals surface area (Å²) in [6, 6.07) is 8.37. The summed E-state index contributed by atoms with van der Waals surface area (Å²) in [4.78, 5) is 3.19. The lowest BCUT2D eigenvalue weighted by Crippen LogP contribution is -1.81. The van der Waals surface area contributed by atoms with Gasteiger partial charge in [-0.25, -0.2) is 0 Å². The van der Waals surface area contributed by atoms with E-state index in [1.807, 2.05) is 13.1 Å². The van der Waals surface area contributed by atoms with Crippen LogP contribution in [0.5, 0.6) is 0 Å². The van der Waals surface area contributed by atoms with Crippen LogP contribution in [0.3, 0.4) is 0 Å². The van der Waals surface area contributed by atoms with Gasteiger partial charge in [-0.1, -0.05) is 18.1 Å². The van der Waals surface area contributed by atoms with Crippen LogP contribution in [-0.2, 0) is 6.42 Å². The quantitative estimate of drug-likeness (QED) is 0.632. The highest BCUT2D eigenvalue weighted by molar-refractivity contribution is 5.83. The molecule has 0 aliphatic rings. The Morgan fingerprint density at radius 3 is 3.08 bits per heavy atom. The molecule has 1 aromatic heterocycles. The van der Waals surface area contributed by atoms with Crippen molar-refractivity contribution in [1.29, 1.82) is 0 Å². The van der Waals surface area contributed by atoms with E-state index in [1.165, 1.54) is 16.5 Å². The van der Waals surface area contributed by atoms with Crippen LogP contribution < -0.4 is 0 Å². The van der Waals surface area contributed by atoms with Crippen LogP contribution in [0.2, 0.25) is 0 Å². The molecule has 0 aliphatic heterocycles. The fourth-order valence-electron chi connectivity index (χ4n) is 1.49. The minimum Gasteiger partial charge on any atom is -0.361 e. The molecule has 0 amide bonds. The maximum Gasteiger partial charge on any atom is 0.0457 e. The Balaban J connectivity index is 2.52. The monoisotopic (exact) mass is 169 g/mol. The van der Waals surface area contributed by atoms with Gasteiger partial charge >= 0.3 is 0 Å². The second kappa shape index (κ2) is 3.37. The number of nitrogens with one attached hydrogen (secondary N) is 1. The Bertz CT molecular complexity index is 468. The molecule has 2 aromatic rings. The predicted molar refractivity (Wildman–Crippen MR) is 55.5 cm³/mol. The van der Waals surface area contributed by atoms with Gasteiger partial charge in [0.15, 0.2) is 0 Å². The molecule has 13 heavy (non-hydrogen) atoms. The van der Waals surface area contributed by atoms with E-state index in [4.69, 9.17) is 0 Å². The van der Waals surface area contributed by atoms with Gasteiger partial charge < -0.3 is 4.98 Å². The van der Waals surface area contributed by atoms with E-state index in [0.717, 1.165) is 6.42 Å². The lowest BCUT2D eigenvalue weighted by molar-refractivity contribution is 1.35. The summed E-state index contributed by atoms with van der Waals surface area (Å²) in [6.45, 7) is 1.87. The second-order valence-corrected chi connectivity index (χ2v) is 2.96. The zero-order chi connectivity index (χ0) is 9.10. The Labute approximate surface area is 77.8 Å². The van der Waals surface area contributed by atoms with Gasteiger partial charge in [-0.15, -0.1) is 5.92 Å². The van der Waals surface area contributed by atoms with Gasteiger partial charge in [-0.05, 0) is 24.6 Å². The summed E-state index contributed by atoms with van der Waals surface area (Å²) in [5.41, 5.74) is 2.49. The molecule has 0 fully saturated rings. The molecular weight excluding hydrogens is 158 g/mol. The van der Waals surface area contributed by atoms with E-state index in [2.05, 4.69) is 41.1 Å². The van der Waals surface area contributed by atoms with Crippen LogP contribution >= 0.6 is 0 Å². The average Bonchev–Trinajstić information content (AvgIpc) is 2.62. The molecule has 0 spiro atoms. The molecule has 0 unspecified atom stereocenters. The van der Waals surface area contributed by atoms with E-state index in [-0.39, 0.29) is 0 Å². The molecule has 0 saturated heterocycles. The summed E-state index contributed by atoms with van der Waals surface area (Å²) in [5.74, 6) is 6.00. The first-order valence-corrected chi connectivity index (χ1v) is 4.36. The molecule has 1 heterocycles. The standard InChI is InChI=1S/C12H11N/c1-2-3-5-10-6-4-7-12-11(10)8-9-13-12/h4,6-9,13H,5H2,1H3. The van der Waals surface area contributed by atoms with Crippen LogP contribution in [0, 0.1) is 11.8 Å². The highest BCUT2D eigenvalue weighted by Crippen LogP contribution is 2.17. The van der Waals surface area contributed by atoms with Crippen molar-refractivity contribution in [2.45, 2.75) is 13.3 Å². The normalized spacial score (nSPS) is 9.62. The van der Waals surface area contributed by atoms with Crippen LogP contribution in [0.25, 0.3) is 10.9 Å². The largest absolute Gasteiger partial charge is 0.361 e. The number of rotatable bonds is 1. The molecule has 0 radical (unpaired) electrons. The summed E-state index contributed by atoms with van der Waals surface area (Å²) >= 11 is 0. The first-order chi connectivity index (χ1) is 6.42. The Kier molecular flexibility index (Phi) is 2.06. The first kappa shape index (κ1) is 7.94. The number of fused-ring (bicyclic) bond motifs is 1. The van der Waals surface area contributed by atoms with Crippen molar-refractivity contribution in [3.63, 3.8) is 0 Å². The molecule has 1 N–H and O–H groups in total. The lowest BCUT2D eigenvalue weighted by atomic mass is 10.1. The smallest absolute Gasteiger partial charge is 0.0457 e. The number of aromatic nitrogens is 1. The maximum atomic E-state index is 3.19. The highest BCUT2D eigenvalue weighted by atomic mass is 14.7. The predicted octanol–water partition coefficient (Wildman–Crippen LogP) is 2.73. The van der Waals surface area contributed by atoms with E-state index in [0.29, 0.717) is 0 Å². The van der Waals surface area contributed by atoms with E-state index in [9.17, 15) is 0 Å². The number of hydrogen-bond donors (Lipinski definition) is 1. The van der Waals surface area contributed by atoms with Crippen LogP contribution in [0.4, 0.5) is 0 Å². The maximum absolute atomic E-state index is 3.19.